The number of thiocarbonyl (C=S) groups is 1. The average molecular weight is 243 g/mol. The molecular formula is C10H11ClN2OS. The van der Waals surface area contributed by atoms with Crippen LogP contribution in [0.25, 0.3) is 0 Å². The standard InChI is InChI=1S/C10H11ClN2OS/c1-6-4-7(11)2-3-8(6)10(14)13-5-9(12)15/h2-4H,5H2,1H3,(H2,12,15)(H,13,14). The zero-order valence-electron chi connectivity index (χ0n) is 8.21. The van der Waals surface area contributed by atoms with E-state index >= 15 is 0 Å². The van der Waals surface area contributed by atoms with Gasteiger partial charge in [0.25, 0.3) is 5.91 Å². The third kappa shape index (κ3) is 3.49. The molecule has 0 radical (unpaired) electrons. The molecule has 0 saturated heterocycles. The van der Waals surface area contributed by atoms with Gasteiger partial charge in [-0.25, -0.2) is 0 Å². The Balaban J connectivity index is 2.78. The molecule has 0 aliphatic rings. The van der Waals surface area contributed by atoms with Gasteiger partial charge in [0.1, 0.15) is 0 Å². The summed E-state index contributed by atoms with van der Waals surface area (Å²) >= 11 is 10.4. The number of carbonyl (C=O) groups excluding carboxylic acids is 1. The third-order valence-electron chi connectivity index (χ3n) is 1.86. The van der Waals surface area contributed by atoms with Crippen molar-refractivity contribution in [1.82, 2.24) is 5.32 Å². The number of hydrogen-bond donors (Lipinski definition) is 2. The first-order valence-corrected chi connectivity index (χ1v) is 5.12. The van der Waals surface area contributed by atoms with Crippen LogP contribution in [0.1, 0.15) is 15.9 Å². The maximum Gasteiger partial charge on any atom is 0.251 e. The Labute approximate surface area is 98.6 Å². The first-order chi connectivity index (χ1) is 7.00. The minimum atomic E-state index is -0.197. The highest BCUT2D eigenvalue weighted by Crippen LogP contribution is 2.14. The monoisotopic (exact) mass is 242 g/mol. The molecule has 0 aromatic heterocycles. The van der Waals surface area contributed by atoms with Crippen molar-refractivity contribution >= 4 is 34.7 Å². The molecule has 0 bridgehead atoms. The lowest BCUT2D eigenvalue weighted by atomic mass is 10.1. The number of amides is 1. The van der Waals surface area contributed by atoms with Crippen LogP contribution in [0.2, 0.25) is 5.02 Å². The maximum absolute atomic E-state index is 11.6. The largest absolute Gasteiger partial charge is 0.392 e. The van der Waals surface area contributed by atoms with Gasteiger partial charge in [-0.3, -0.25) is 4.79 Å². The predicted octanol–water partition coefficient (Wildman–Crippen LogP) is 1.66. The molecule has 1 amide bonds. The number of carbonyl (C=O) groups is 1. The van der Waals surface area contributed by atoms with Gasteiger partial charge < -0.3 is 11.1 Å². The molecule has 0 atom stereocenters. The van der Waals surface area contributed by atoms with E-state index in [4.69, 9.17) is 17.3 Å². The number of benzene rings is 1. The number of hydrogen-bond acceptors (Lipinski definition) is 2. The predicted molar refractivity (Wildman–Crippen MR) is 65.3 cm³/mol. The van der Waals surface area contributed by atoms with Crippen molar-refractivity contribution in [1.29, 1.82) is 0 Å². The smallest absolute Gasteiger partial charge is 0.251 e. The molecule has 1 aromatic rings. The molecule has 0 heterocycles. The van der Waals surface area contributed by atoms with Gasteiger partial charge >= 0.3 is 0 Å². The van der Waals surface area contributed by atoms with Crippen molar-refractivity contribution in [2.45, 2.75) is 6.92 Å². The van der Waals surface area contributed by atoms with E-state index in [2.05, 4.69) is 17.5 Å². The van der Waals surface area contributed by atoms with Crippen molar-refractivity contribution in [3.8, 4) is 0 Å². The molecule has 0 aliphatic heterocycles. The third-order valence-corrected chi connectivity index (χ3v) is 2.24. The first-order valence-electron chi connectivity index (χ1n) is 4.33. The molecule has 0 aliphatic carbocycles. The molecule has 3 nitrogen and oxygen atoms in total. The summed E-state index contributed by atoms with van der Waals surface area (Å²) in [6.07, 6.45) is 0. The highest BCUT2D eigenvalue weighted by molar-refractivity contribution is 7.80. The second kappa shape index (κ2) is 5.09. The molecule has 1 aromatic carbocycles. The maximum atomic E-state index is 11.6. The van der Waals surface area contributed by atoms with Gasteiger partial charge in [-0.2, -0.15) is 0 Å². The van der Waals surface area contributed by atoms with Crippen LogP contribution in [0.15, 0.2) is 18.2 Å². The minimum absolute atomic E-state index is 0.197. The van der Waals surface area contributed by atoms with Crippen molar-refractivity contribution in [2.75, 3.05) is 6.54 Å². The van der Waals surface area contributed by atoms with Gasteiger partial charge in [0.2, 0.25) is 0 Å². The van der Waals surface area contributed by atoms with Crippen LogP contribution < -0.4 is 11.1 Å². The van der Waals surface area contributed by atoms with Gasteiger partial charge in [-0.15, -0.1) is 0 Å². The van der Waals surface area contributed by atoms with E-state index < -0.39 is 0 Å². The van der Waals surface area contributed by atoms with E-state index in [0.29, 0.717) is 10.6 Å². The Bertz CT molecular complexity index is 406. The Morgan fingerprint density at radius 3 is 2.80 bits per heavy atom. The summed E-state index contributed by atoms with van der Waals surface area (Å²) < 4.78 is 0. The molecule has 80 valence electrons. The summed E-state index contributed by atoms with van der Waals surface area (Å²) in [6, 6.07) is 5.08. The highest BCUT2D eigenvalue weighted by atomic mass is 35.5. The summed E-state index contributed by atoms with van der Waals surface area (Å²) in [7, 11) is 0. The Morgan fingerprint density at radius 1 is 1.60 bits per heavy atom. The summed E-state index contributed by atoms with van der Waals surface area (Å²) in [4.78, 5) is 11.9. The van der Waals surface area contributed by atoms with E-state index in [1.807, 2.05) is 6.92 Å². The molecule has 0 unspecified atom stereocenters. The van der Waals surface area contributed by atoms with Crippen LogP contribution >= 0.6 is 23.8 Å². The summed E-state index contributed by atoms with van der Waals surface area (Å²) in [5.41, 5.74) is 6.68. The molecule has 1 rings (SSSR count). The molecular weight excluding hydrogens is 232 g/mol. The summed E-state index contributed by atoms with van der Waals surface area (Å²) in [5, 5.41) is 3.22. The Morgan fingerprint density at radius 2 is 2.27 bits per heavy atom. The zero-order chi connectivity index (χ0) is 11.4. The first kappa shape index (κ1) is 11.9. The van der Waals surface area contributed by atoms with Crippen molar-refractivity contribution < 1.29 is 4.79 Å². The van der Waals surface area contributed by atoms with E-state index in [1.54, 1.807) is 18.2 Å². The average Bonchev–Trinajstić information content (AvgIpc) is 2.14. The fourth-order valence-corrected chi connectivity index (χ4v) is 1.44. The molecule has 0 fully saturated rings. The van der Waals surface area contributed by atoms with E-state index in [1.165, 1.54) is 0 Å². The minimum Gasteiger partial charge on any atom is -0.392 e. The number of rotatable bonds is 3. The molecule has 15 heavy (non-hydrogen) atoms. The number of halogens is 1. The van der Waals surface area contributed by atoms with Crippen LogP contribution in [0, 0.1) is 6.92 Å². The van der Waals surface area contributed by atoms with Crippen molar-refractivity contribution in [3.05, 3.63) is 34.3 Å². The van der Waals surface area contributed by atoms with E-state index in [0.717, 1.165) is 5.56 Å². The topological polar surface area (TPSA) is 55.1 Å². The van der Waals surface area contributed by atoms with Gasteiger partial charge in [0.05, 0.1) is 11.5 Å². The van der Waals surface area contributed by atoms with Crippen LogP contribution in [0.3, 0.4) is 0 Å². The Hall–Kier alpha value is -1.13. The van der Waals surface area contributed by atoms with Crippen molar-refractivity contribution in [3.63, 3.8) is 0 Å². The van der Waals surface area contributed by atoms with E-state index in [9.17, 15) is 4.79 Å². The lowest BCUT2D eigenvalue weighted by Crippen LogP contribution is -2.32. The normalized spacial score (nSPS) is 9.73. The SMILES string of the molecule is Cc1cc(Cl)ccc1C(=O)NCC(N)=S. The second-order valence-corrected chi connectivity index (χ2v) is 4.07. The second-order valence-electron chi connectivity index (χ2n) is 3.11. The van der Waals surface area contributed by atoms with Gasteiger partial charge in [-0.1, -0.05) is 23.8 Å². The van der Waals surface area contributed by atoms with Crippen LogP contribution in [-0.2, 0) is 0 Å². The van der Waals surface area contributed by atoms with Gasteiger partial charge in [0, 0.05) is 10.6 Å². The van der Waals surface area contributed by atoms with Gasteiger partial charge in [0.15, 0.2) is 0 Å². The summed E-state index contributed by atoms with van der Waals surface area (Å²) in [5.74, 6) is -0.197. The Kier molecular flexibility index (Phi) is 4.05. The van der Waals surface area contributed by atoms with Crippen LogP contribution in [-0.4, -0.2) is 17.4 Å². The van der Waals surface area contributed by atoms with Crippen LogP contribution in [0.5, 0.6) is 0 Å². The van der Waals surface area contributed by atoms with Gasteiger partial charge in [-0.05, 0) is 30.7 Å². The number of nitrogens with one attached hydrogen (secondary N) is 1. The highest BCUT2D eigenvalue weighted by Gasteiger charge is 2.08. The zero-order valence-corrected chi connectivity index (χ0v) is 9.78. The molecule has 5 heteroatoms. The molecule has 0 spiro atoms. The molecule has 0 saturated carbocycles. The van der Waals surface area contributed by atoms with Crippen LogP contribution in [0.4, 0.5) is 0 Å². The lowest BCUT2D eigenvalue weighted by molar-refractivity contribution is 0.0959. The molecule has 3 N–H and O–H groups in total. The summed E-state index contributed by atoms with van der Waals surface area (Å²) in [6.45, 7) is 2.03. The quantitative estimate of drug-likeness (QED) is 0.793. The van der Waals surface area contributed by atoms with E-state index in [-0.39, 0.29) is 17.4 Å². The lowest BCUT2D eigenvalue weighted by Gasteiger charge is -2.06. The van der Waals surface area contributed by atoms with Crippen molar-refractivity contribution in [2.24, 2.45) is 5.73 Å². The number of aryl methyl sites for hydroxylation is 1. The fourth-order valence-electron chi connectivity index (χ4n) is 1.14. The fraction of sp³-hybridized carbons (Fsp3) is 0.200. The number of nitrogens with two attached hydrogens (primary N) is 1.